The number of carbonyl (C=O) groups excluding carboxylic acids is 1. The summed E-state index contributed by atoms with van der Waals surface area (Å²) in [4.78, 5) is 12.7. The maximum absolute atomic E-state index is 12.7. The van der Waals surface area contributed by atoms with Gasteiger partial charge in [-0.3, -0.25) is 4.79 Å². The third-order valence-corrected chi connectivity index (χ3v) is 4.60. The molecule has 4 nitrogen and oxygen atoms in total. The number of benzene rings is 1. The maximum Gasteiger partial charge on any atom is 0.162 e. The lowest BCUT2D eigenvalue weighted by atomic mass is 9.80. The highest BCUT2D eigenvalue weighted by Crippen LogP contribution is 2.33. The molecule has 0 bridgehead atoms. The number of nitrogens with zero attached hydrogens (tertiary/aromatic N) is 2. The predicted molar refractivity (Wildman–Crippen MR) is 83.1 cm³/mol. The van der Waals surface area contributed by atoms with Crippen LogP contribution in [0.2, 0.25) is 0 Å². The zero-order valence-electron chi connectivity index (χ0n) is 12.4. The Morgan fingerprint density at radius 2 is 1.86 bits per heavy atom. The highest BCUT2D eigenvalue weighted by Gasteiger charge is 2.42. The van der Waals surface area contributed by atoms with Crippen LogP contribution in [0.5, 0.6) is 0 Å². The van der Waals surface area contributed by atoms with Crippen LogP contribution in [-0.2, 0) is 4.79 Å². The second-order valence-electron chi connectivity index (χ2n) is 6.05. The summed E-state index contributed by atoms with van der Waals surface area (Å²) in [5, 5.41) is 16.6. The molecule has 0 amide bonds. The van der Waals surface area contributed by atoms with Gasteiger partial charge in [-0.25, -0.2) is 5.01 Å². The molecule has 2 atom stereocenters. The number of aliphatic hydroxyl groups excluding tert-OH is 1. The molecule has 2 unspecified atom stereocenters. The second kappa shape index (κ2) is 5.98. The lowest BCUT2D eigenvalue weighted by molar-refractivity contribution is -0.128. The van der Waals surface area contributed by atoms with Crippen LogP contribution in [0.3, 0.4) is 0 Å². The lowest BCUT2D eigenvalue weighted by Gasteiger charge is -2.27. The minimum absolute atomic E-state index is 0.0965. The van der Waals surface area contributed by atoms with E-state index in [1.54, 1.807) is 5.01 Å². The summed E-state index contributed by atoms with van der Waals surface area (Å²) in [5.41, 5.74) is 1.55. The third kappa shape index (κ3) is 2.72. The quantitative estimate of drug-likeness (QED) is 0.929. The molecule has 1 fully saturated rings. The van der Waals surface area contributed by atoms with E-state index in [1.165, 1.54) is 6.42 Å². The molecule has 1 aliphatic carbocycles. The number of Topliss-reactive ketones (excluding diaryl/α,β-unsaturated/α-hetero) is 1. The molecule has 0 aromatic heterocycles. The van der Waals surface area contributed by atoms with E-state index < -0.39 is 12.1 Å². The number of hydrogen-bond acceptors (Lipinski definition) is 4. The van der Waals surface area contributed by atoms with Crippen molar-refractivity contribution in [3.63, 3.8) is 0 Å². The van der Waals surface area contributed by atoms with Crippen LogP contribution in [0.4, 0.5) is 5.69 Å². The van der Waals surface area contributed by atoms with E-state index in [0.717, 1.165) is 37.1 Å². The summed E-state index contributed by atoms with van der Waals surface area (Å²) in [6, 6.07) is 9.53. The van der Waals surface area contributed by atoms with Gasteiger partial charge in [-0.15, -0.1) is 0 Å². The van der Waals surface area contributed by atoms with Crippen molar-refractivity contribution in [3.05, 3.63) is 30.3 Å². The number of ketones is 1. The van der Waals surface area contributed by atoms with E-state index in [4.69, 9.17) is 0 Å². The topological polar surface area (TPSA) is 52.9 Å². The zero-order chi connectivity index (χ0) is 14.8. The Hall–Kier alpha value is -1.68. The van der Waals surface area contributed by atoms with Crippen LogP contribution in [0.25, 0.3) is 0 Å². The molecule has 2 aliphatic rings. The van der Waals surface area contributed by atoms with Crippen LogP contribution in [-0.4, -0.2) is 22.8 Å². The highest BCUT2D eigenvalue weighted by atomic mass is 16.3. The largest absolute Gasteiger partial charge is 0.371 e. The first-order valence-electron chi connectivity index (χ1n) is 7.79. The predicted octanol–water partition coefficient (Wildman–Crippen LogP) is 2.97. The average Bonchev–Trinajstić information content (AvgIpc) is 2.83. The molecular formula is C17H22N2O2. The van der Waals surface area contributed by atoms with Gasteiger partial charge < -0.3 is 5.11 Å². The number of hydrogen-bond donors (Lipinski definition) is 1. The Kier molecular flexibility index (Phi) is 4.06. The van der Waals surface area contributed by atoms with Crippen molar-refractivity contribution in [1.82, 2.24) is 0 Å². The van der Waals surface area contributed by atoms with Crippen molar-refractivity contribution in [2.75, 3.05) is 5.01 Å². The fraction of sp³-hybridized carbons (Fsp3) is 0.529. The lowest BCUT2D eigenvalue weighted by Crippen LogP contribution is -2.40. The Balaban J connectivity index is 1.78. The van der Waals surface area contributed by atoms with Crippen molar-refractivity contribution in [1.29, 1.82) is 0 Å². The molecule has 0 radical (unpaired) electrons. The summed E-state index contributed by atoms with van der Waals surface area (Å²) in [7, 11) is 0. The molecule has 1 aromatic carbocycles. The molecule has 0 saturated heterocycles. The minimum Gasteiger partial charge on any atom is -0.371 e. The smallest absolute Gasteiger partial charge is 0.162 e. The van der Waals surface area contributed by atoms with Gasteiger partial charge in [-0.05, 0) is 31.9 Å². The summed E-state index contributed by atoms with van der Waals surface area (Å²) in [6.45, 7) is 1.84. The first-order chi connectivity index (χ1) is 10.2. The molecular weight excluding hydrogens is 264 g/mol. The van der Waals surface area contributed by atoms with Gasteiger partial charge in [0.05, 0.1) is 11.4 Å². The minimum atomic E-state index is -0.873. The van der Waals surface area contributed by atoms with Crippen LogP contribution in [0.15, 0.2) is 35.4 Å². The van der Waals surface area contributed by atoms with Crippen molar-refractivity contribution in [2.24, 2.45) is 16.9 Å². The fourth-order valence-electron chi connectivity index (χ4n) is 3.43. The Morgan fingerprint density at radius 3 is 2.52 bits per heavy atom. The van der Waals surface area contributed by atoms with Gasteiger partial charge in [-0.2, -0.15) is 5.10 Å². The second-order valence-corrected chi connectivity index (χ2v) is 6.05. The van der Waals surface area contributed by atoms with Crippen molar-refractivity contribution >= 4 is 17.2 Å². The van der Waals surface area contributed by atoms with Gasteiger partial charge in [0.15, 0.2) is 6.23 Å². The third-order valence-electron chi connectivity index (χ3n) is 4.60. The molecule has 112 valence electrons. The molecule has 1 aliphatic heterocycles. The highest BCUT2D eigenvalue weighted by molar-refractivity contribution is 6.07. The number of anilines is 1. The van der Waals surface area contributed by atoms with E-state index in [0.29, 0.717) is 0 Å². The molecule has 1 aromatic rings. The summed E-state index contributed by atoms with van der Waals surface area (Å²) < 4.78 is 0. The van der Waals surface area contributed by atoms with Gasteiger partial charge in [0.25, 0.3) is 0 Å². The number of hydrazone groups is 1. The standard InChI is InChI=1S/C17H22N2O2/c1-12-15(16(20)13-8-4-2-5-9-13)17(21)19(18-12)14-10-6-3-7-11-14/h3,6-7,10-11,13,15,17,21H,2,4-5,8-9H2,1H3. The molecule has 1 N–H and O–H groups in total. The fourth-order valence-corrected chi connectivity index (χ4v) is 3.43. The number of aliphatic hydroxyl groups is 1. The van der Waals surface area contributed by atoms with Gasteiger partial charge in [0.2, 0.25) is 0 Å². The van der Waals surface area contributed by atoms with Gasteiger partial charge in [0, 0.05) is 5.92 Å². The Bertz CT molecular complexity index is 535. The summed E-state index contributed by atoms with van der Waals surface area (Å²) >= 11 is 0. The van der Waals surface area contributed by atoms with E-state index in [9.17, 15) is 9.90 Å². The van der Waals surface area contributed by atoms with Gasteiger partial charge in [0.1, 0.15) is 11.7 Å². The molecule has 3 rings (SSSR count). The van der Waals surface area contributed by atoms with E-state index >= 15 is 0 Å². The summed E-state index contributed by atoms with van der Waals surface area (Å²) in [5.74, 6) is -0.213. The van der Waals surface area contributed by atoms with Crippen LogP contribution >= 0.6 is 0 Å². The number of carbonyl (C=O) groups is 1. The van der Waals surface area contributed by atoms with Crippen LogP contribution in [0, 0.1) is 11.8 Å². The van der Waals surface area contributed by atoms with Crippen LogP contribution < -0.4 is 5.01 Å². The monoisotopic (exact) mass is 286 g/mol. The molecule has 1 heterocycles. The molecule has 0 spiro atoms. The Labute approximate surface area is 125 Å². The van der Waals surface area contributed by atoms with E-state index in [-0.39, 0.29) is 11.7 Å². The van der Waals surface area contributed by atoms with Crippen LogP contribution in [0.1, 0.15) is 39.0 Å². The molecule has 4 heteroatoms. The average molecular weight is 286 g/mol. The number of para-hydroxylation sites is 1. The first-order valence-corrected chi connectivity index (χ1v) is 7.79. The summed E-state index contributed by atoms with van der Waals surface area (Å²) in [6.07, 6.45) is 4.51. The van der Waals surface area contributed by atoms with Gasteiger partial charge in [-0.1, -0.05) is 37.5 Å². The van der Waals surface area contributed by atoms with E-state index in [2.05, 4.69) is 5.10 Å². The molecule has 1 saturated carbocycles. The maximum atomic E-state index is 12.7. The van der Waals surface area contributed by atoms with Gasteiger partial charge >= 0.3 is 0 Å². The zero-order valence-corrected chi connectivity index (χ0v) is 12.4. The SMILES string of the molecule is CC1=NN(c2ccccc2)C(O)C1C(=O)C1CCCCC1. The van der Waals surface area contributed by atoms with Crippen molar-refractivity contribution in [2.45, 2.75) is 45.3 Å². The first kappa shape index (κ1) is 14.3. The number of rotatable bonds is 3. The molecule has 21 heavy (non-hydrogen) atoms. The normalized spacial score (nSPS) is 26.8. The van der Waals surface area contributed by atoms with Crippen molar-refractivity contribution in [3.8, 4) is 0 Å². The van der Waals surface area contributed by atoms with Crippen molar-refractivity contribution < 1.29 is 9.90 Å². The Morgan fingerprint density at radius 1 is 1.19 bits per heavy atom. The van der Waals surface area contributed by atoms with E-state index in [1.807, 2.05) is 37.3 Å².